The fourth-order valence-electron chi connectivity index (χ4n) is 2.06. The third kappa shape index (κ3) is 5.59. The summed E-state index contributed by atoms with van der Waals surface area (Å²) in [5.41, 5.74) is 5.62. The second-order valence-electron chi connectivity index (χ2n) is 5.62. The van der Waals surface area contributed by atoms with Crippen molar-refractivity contribution in [3.8, 4) is 5.75 Å². The van der Waals surface area contributed by atoms with E-state index in [1.54, 1.807) is 42.5 Å². The van der Waals surface area contributed by atoms with Crippen molar-refractivity contribution in [3.63, 3.8) is 0 Å². The number of hydrogen-bond donors (Lipinski definition) is 2. The summed E-state index contributed by atoms with van der Waals surface area (Å²) in [6.45, 7) is 7.89. The fourth-order valence-corrected chi connectivity index (χ4v) is 2.06. The second-order valence-corrected chi connectivity index (χ2v) is 5.62. The third-order valence-corrected chi connectivity index (χ3v) is 3.58. The predicted molar refractivity (Wildman–Crippen MR) is 102 cm³/mol. The van der Waals surface area contributed by atoms with Crippen molar-refractivity contribution in [1.82, 2.24) is 5.43 Å². The molecule has 0 aliphatic heterocycles. The second kappa shape index (κ2) is 9.17. The molecule has 134 valence electrons. The van der Waals surface area contributed by atoms with Crippen LogP contribution in [0.15, 0.2) is 60.2 Å². The van der Waals surface area contributed by atoms with Crippen LogP contribution in [0.4, 0.5) is 5.69 Å². The summed E-state index contributed by atoms with van der Waals surface area (Å²) in [4.78, 5) is 23.7. The van der Waals surface area contributed by atoms with E-state index in [-0.39, 0.29) is 0 Å². The highest BCUT2D eigenvalue weighted by Crippen LogP contribution is 2.14. The van der Waals surface area contributed by atoms with Crippen molar-refractivity contribution in [2.75, 3.05) is 11.9 Å². The highest BCUT2D eigenvalue weighted by atomic mass is 16.5. The first-order chi connectivity index (χ1) is 12.5. The van der Waals surface area contributed by atoms with E-state index >= 15 is 0 Å². The average Bonchev–Trinajstić information content (AvgIpc) is 2.63. The maximum atomic E-state index is 11.9. The summed E-state index contributed by atoms with van der Waals surface area (Å²) in [6, 6.07) is 12.6. The van der Waals surface area contributed by atoms with Crippen molar-refractivity contribution in [2.24, 2.45) is 5.10 Å². The minimum Gasteiger partial charge on any atom is -0.490 e. The van der Waals surface area contributed by atoms with Gasteiger partial charge in [-0.05, 0) is 54.8 Å². The monoisotopic (exact) mass is 351 g/mol. The van der Waals surface area contributed by atoms with Gasteiger partial charge in [0.1, 0.15) is 12.4 Å². The molecule has 2 aromatic carbocycles. The zero-order chi connectivity index (χ0) is 18.9. The lowest BCUT2D eigenvalue weighted by molar-refractivity contribution is -0.136. The van der Waals surface area contributed by atoms with E-state index < -0.39 is 11.8 Å². The average molecular weight is 351 g/mol. The Balaban J connectivity index is 1.90. The molecule has 6 nitrogen and oxygen atoms in total. The van der Waals surface area contributed by atoms with Gasteiger partial charge in [0.25, 0.3) is 0 Å². The van der Waals surface area contributed by atoms with E-state index in [1.165, 1.54) is 6.21 Å². The van der Waals surface area contributed by atoms with Gasteiger partial charge in [0.2, 0.25) is 0 Å². The van der Waals surface area contributed by atoms with Gasteiger partial charge in [-0.15, -0.1) is 0 Å². The van der Waals surface area contributed by atoms with Gasteiger partial charge in [0.05, 0.1) is 6.21 Å². The molecule has 0 atom stereocenters. The van der Waals surface area contributed by atoms with Crippen LogP contribution in [0.5, 0.6) is 5.75 Å². The number of nitrogens with one attached hydrogen (secondary N) is 2. The van der Waals surface area contributed by atoms with Gasteiger partial charge in [0, 0.05) is 5.69 Å². The minimum absolute atomic E-state index is 0.399. The summed E-state index contributed by atoms with van der Waals surface area (Å²) in [6.07, 6.45) is 3.08. The number of carbonyl (C=O) groups is 2. The first-order valence-electron chi connectivity index (χ1n) is 8.05. The number of ether oxygens (including phenoxy) is 1. The van der Waals surface area contributed by atoms with E-state index in [0.717, 1.165) is 16.7 Å². The largest absolute Gasteiger partial charge is 0.490 e. The van der Waals surface area contributed by atoms with Crippen LogP contribution in [0, 0.1) is 13.8 Å². The van der Waals surface area contributed by atoms with E-state index in [9.17, 15) is 9.59 Å². The molecule has 0 aliphatic rings. The molecule has 2 rings (SSSR count). The highest BCUT2D eigenvalue weighted by Gasteiger charge is 2.13. The molecule has 0 saturated heterocycles. The van der Waals surface area contributed by atoms with Gasteiger partial charge in [-0.1, -0.05) is 30.9 Å². The first kappa shape index (κ1) is 18.9. The zero-order valence-electron chi connectivity index (χ0n) is 14.8. The van der Waals surface area contributed by atoms with Crippen LogP contribution in [0.25, 0.3) is 0 Å². The molecule has 0 bridgehead atoms. The molecule has 0 aliphatic carbocycles. The number of amides is 2. The van der Waals surface area contributed by atoms with Crippen molar-refractivity contribution in [2.45, 2.75) is 13.8 Å². The molecule has 2 aromatic rings. The molecule has 0 fully saturated rings. The lowest BCUT2D eigenvalue weighted by atomic mass is 10.1. The molecule has 0 saturated carbocycles. The lowest BCUT2D eigenvalue weighted by Gasteiger charge is -2.06. The predicted octanol–water partition coefficient (Wildman–Crippen LogP) is 2.96. The molecule has 0 radical (unpaired) electrons. The van der Waals surface area contributed by atoms with Crippen LogP contribution in [0.2, 0.25) is 0 Å². The Morgan fingerprint density at radius 1 is 1.12 bits per heavy atom. The Labute approximate surface area is 152 Å². The van der Waals surface area contributed by atoms with Crippen LogP contribution < -0.4 is 15.5 Å². The van der Waals surface area contributed by atoms with Gasteiger partial charge in [-0.3, -0.25) is 9.59 Å². The van der Waals surface area contributed by atoms with Crippen molar-refractivity contribution in [3.05, 3.63) is 71.8 Å². The lowest BCUT2D eigenvalue weighted by Crippen LogP contribution is -2.32. The van der Waals surface area contributed by atoms with Crippen LogP contribution >= 0.6 is 0 Å². The van der Waals surface area contributed by atoms with Crippen LogP contribution in [0.1, 0.15) is 16.7 Å². The zero-order valence-corrected chi connectivity index (χ0v) is 14.8. The summed E-state index contributed by atoms with van der Waals surface area (Å²) in [7, 11) is 0. The Morgan fingerprint density at radius 3 is 2.65 bits per heavy atom. The van der Waals surface area contributed by atoms with E-state index in [2.05, 4.69) is 22.4 Å². The molecule has 0 spiro atoms. The Hall–Kier alpha value is -3.41. The highest BCUT2D eigenvalue weighted by molar-refractivity contribution is 6.39. The quantitative estimate of drug-likeness (QED) is 0.363. The number of nitrogens with zero attached hydrogens (tertiary/aromatic N) is 1. The maximum absolute atomic E-state index is 11.9. The summed E-state index contributed by atoms with van der Waals surface area (Å²) >= 11 is 0. The smallest absolute Gasteiger partial charge is 0.329 e. The molecule has 6 heteroatoms. The molecule has 0 heterocycles. The number of carbonyl (C=O) groups excluding carboxylic acids is 2. The normalized spacial score (nSPS) is 10.4. The SMILES string of the molecule is C=CCOc1cccc(C=NNC(=O)C(=O)Nc2ccc(C)c(C)c2)c1. The Bertz CT molecular complexity index is 844. The van der Waals surface area contributed by atoms with Crippen molar-refractivity contribution in [1.29, 1.82) is 0 Å². The van der Waals surface area contributed by atoms with Gasteiger partial charge < -0.3 is 10.1 Å². The minimum atomic E-state index is -0.849. The molecule has 0 aromatic heterocycles. The van der Waals surface area contributed by atoms with Crippen molar-refractivity contribution >= 4 is 23.7 Å². The van der Waals surface area contributed by atoms with Crippen LogP contribution in [-0.4, -0.2) is 24.6 Å². The first-order valence-corrected chi connectivity index (χ1v) is 8.05. The maximum Gasteiger partial charge on any atom is 0.329 e. The molecule has 2 N–H and O–H groups in total. The topological polar surface area (TPSA) is 79.8 Å². The Kier molecular flexibility index (Phi) is 6.68. The summed E-state index contributed by atoms with van der Waals surface area (Å²) in [5.74, 6) is -0.973. The molecule has 2 amide bonds. The molecule has 0 unspecified atom stereocenters. The van der Waals surface area contributed by atoms with E-state index in [1.807, 2.05) is 19.9 Å². The standard InChI is InChI=1S/C20H21N3O3/c1-4-10-26-18-7-5-6-16(12-18)13-21-23-20(25)19(24)22-17-9-8-14(2)15(3)11-17/h4-9,11-13H,1,10H2,2-3H3,(H,22,24)(H,23,25). The van der Waals surface area contributed by atoms with Crippen LogP contribution in [-0.2, 0) is 9.59 Å². The number of aryl methyl sites for hydroxylation is 2. The Morgan fingerprint density at radius 2 is 1.92 bits per heavy atom. The van der Waals surface area contributed by atoms with Crippen LogP contribution in [0.3, 0.4) is 0 Å². The molecular formula is C20H21N3O3. The fraction of sp³-hybridized carbons (Fsp3) is 0.150. The van der Waals surface area contributed by atoms with Gasteiger partial charge in [-0.25, -0.2) is 5.43 Å². The number of benzene rings is 2. The molecular weight excluding hydrogens is 330 g/mol. The number of rotatable bonds is 6. The third-order valence-electron chi connectivity index (χ3n) is 3.58. The van der Waals surface area contributed by atoms with Gasteiger partial charge in [-0.2, -0.15) is 5.10 Å². The number of hydrogen-bond acceptors (Lipinski definition) is 4. The van der Waals surface area contributed by atoms with E-state index in [4.69, 9.17) is 4.74 Å². The number of hydrazone groups is 1. The van der Waals surface area contributed by atoms with Crippen molar-refractivity contribution < 1.29 is 14.3 Å². The molecule has 26 heavy (non-hydrogen) atoms. The van der Waals surface area contributed by atoms with Gasteiger partial charge >= 0.3 is 11.8 Å². The summed E-state index contributed by atoms with van der Waals surface area (Å²) in [5, 5.41) is 6.33. The van der Waals surface area contributed by atoms with Gasteiger partial charge in [0.15, 0.2) is 0 Å². The number of anilines is 1. The summed E-state index contributed by atoms with van der Waals surface area (Å²) < 4.78 is 5.41. The van der Waals surface area contributed by atoms with E-state index in [0.29, 0.717) is 18.0 Å².